The fraction of sp³-hybridized carbons (Fsp3) is 0.500. The van der Waals surface area contributed by atoms with E-state index in [1.807, 2.05) is 32.0 Å². The van der Waals surface area contributed by atoms with Crippen LogP contribution in [0.15, 0.2) is 24.3 Å². The number of carbonyl (C=O) groups excluding carboxylic acids is 1. The van der Waals surface area contributed by atoms with Gasteiger partial charge in [0, 0.05) is 17.9 Å². The maximum atomic E-state index is 12.0. The maximum absolute atomic E-state index is 12.0. The lowest BCUT2D eigenvalue weighted by atomic mass is 9.92. The summed E-state index contributed by atoms with van der Waals surface area (Å²) in [5, 5.41) is 10.1. The molecule has 1 N–H and O–H groups in total. The van der Waals surface area contributed by atoms with Crippen molar-refractivity contribution in [2.24, 2.45) is 5.92 Å². The van der Waals surface area contributed by atoms with E-state index in [0.29, 0.717) is 24.3 Å². The minimum atomic E-state index is -0.592. The number of hydrogen-bond acceptors (Lipinski definition) is 2. The predicted molar refractivity (Wildman–Crippen MR) is 70.5 cm³/mol. The Kier molecular flexibility index (Phi) is 5.66. The molecule has 1 rings (SSSR count). The van der Waals surface area contributed by atoms with Gasteiger partial charge in [0.15, 0.2) is 5.78 Å². The summed E-state index contributed by atoms with van der Waals surface area (Å²) in [4.78, 5) is 12.0. The minimum Gasteiger partial charge on any atom is -0.388 e. The van der Waals surface area contributed by atoms with Gasteiger partial charge in [-0.25, -0.2) is 0 Å². The Labute approximate surface area is 108 Å². The van der Waals surface area contributed by atoms with Crippen molar-refractivity contribution in [3.63, 3.8) is 0 Å². The summed E-state index contributed by atoms with van der Waals surface area (Å²) in [6.07, 6.45) is 0.517. The van der Waals surface area contributed by atoms with E-state index in [4.69, 9.17) is 11.6 Å². The zero-order valence-corrected chi connectivity index (χ0v) is 11.1. The summed E-state index contributed by atoms with van der Waals surface area (Å²) in [5.74, 6) is 0.638. The third kappa shape index (κ3) is 3.83. The second-order valence-corrected chi connectivity index (χ2v) is 4.87. The molecule has 0 bridgehead atoms. The van der Waals surface area contributed by atoms with Crippen LogP contribution in [-0.2, 0) is 0 Å². The van der Waals surface area contributed by atoms with Crippen molar-refractivity contribution >= 4 is 17.4 Å². The van der Waals surface area contributed by atoms with Crippen molar-refractivity contribution in [2.75, 3.05) is 5.88 Å². The lowest BCUT2D eigenvalue weighted by Crippen LogP contribution is -2.12. The van der Waals surface area contributed by atoms with Gasteiger partial charge in [-0.3, -0.25) is 4.79 Å². The van der Waals surface area contributed by atoms with E-state index in [-0.39, 0.29) is 11.7 Å². The van der Waals surface area contributed by atoms with Crippen LogP contribution in [0.4, 0.5) is 0 Å². The first kappa shape index (κ1) is 14.2. The van der Waals surface area contributed by atoms with Gasteiger partial charge in [-0.1, -0.05) is 38.1 Å². The highest BCUT2D eigenvalue weighted by Crippen LogP contribution is 2.25. The van der Waals surface area contributed by atoms with Crippen LogP contribution in [0.2, 0.25) is 0 Å². The van der Waals surface area contributed by atoms with Gasteiger partial charge in [0.2, 0.25) is 0 Å². The minimum absolute atomic E-state index is 0.0564. The molecule has 0 radical (unpaired) electrons. The molecule has 0 amide bonds. The normalized spacial score (nSPS) is 12.8. The molecule has 0 saturated heterocycles. The number of Topliss-reactive ketones (excluding diaryl/α,β-unsaturated/α-hetero) is 1. The fourth-order valence-corrected chi connectivity index (χ4v) is 1.86. The Morgan fingerprint density at radius 2 is 2.00 bits per heavy atom. The van der Waals surface area contributed by atoms with Crippen LogP contribution in [0.25, 0.3) is 0 Å². The van der Waals surface area contributed by atoms with Crippen LogP contribution in [0, 0.1) is 5.92 Å². The SMILES string of the molecule is CC(C)C(O)c1ccccc1C(=O)CCCCl. The van der Waals surface area contributed by atoms with Crippen LogP contribution in [0.3, 0.4) is 0 Å². The zero-order chi connectivity index (χ0) is 12.8. The van der Waals surface area contributed by atoms with Gasteiger partial charge in [-0.05, 0) is 17.9 Å². The summed E-state index contributed by atoms with van der Waals surface area (Å²) >= 11 is 5.58. The molecule has 1 aromatic rings. The number of alkyl halides is 1. The molecule has 94 valence electrons. The zero-order valence-electron chi connectivity index (χ0n) is 10.3. The van der Waals surface area contributed by atoms with Gasteiger partial charge in [0.1, 0.15) is 0 Å². The summed E-state index contributed by atoms with van der Waals surface area (Å²) in [7, 11) is 0. The summed E-state index contributed by atoms with van der Waals surface area (Å²) < 4.78 is 0. The van der Waals surface area contributed by atoms with E-state index in [2.05, 4.69) is 0 Å². The first-order valence-corrected chi connectivity index (χ1v) is 6.47. The Balaban J connectivity index is 2.95. The predicted octanol–water partition coefficient (Wildman–Crippen LogP) is 3.58. The van der Waals surface area contributed by atoms with Crippen LogP contribution >= 0.6 is 11.6 Å². The largest absolute Gasteiger partial charge is 0.388 e. The van der Waals surface area contributed by atoms with Crippen LogP contribution in [0.1, 0.15) is 48.7 Å². The van der Waals surface area contributed by atoms with E-state index in [1.165, 1.54) is 0 Å². The number of aliphatic hydroxyl groups excluding tert-OH is 1. The smallest absolute Gasteiger partial charge is 0.163 e. The Morgan fingerprint density at radius 1 is 1.35 bits per heavy atom. The molecular formula is C14H19ClO2. The van der Waals surface area contributed by atoms with Gasteiger partial charge >= 0.3 is 0 Å². The molecule has 1 atom stereocenters. The highest BCUT2D eigenvalue weighted by Gasteiger charge is 2.18. The molecular weight excluding hydrogens is 236 g/mol. The van der Waals surface area contributed by atoms with Crippen molar-refractivity contribution in [2.45, 2.75) is 32.8 Å². The number of aliphatic hydroxyl groups is 1. The molecule has 0 heterocycles. The number of hydrogen-bond donors (Lipinski definition) is 1. The maximum Gasteiger partial charge on any atom is 0.163 e. The van der Waals surface area contributed by atoms with Crippen LogP contribution < -0.4 is 0 Å². The Morgan fingerprint density at radius 3 is 2.59 bits per heavy atom. The number of halogens is 1. The Bertz CT molecular complexity index is 374. The molecule has 1 unspecified atom stereocenters. The first-order valence-electron chi connectivity index (χ1n) is 5.94. The summed E-state index contributed by atoms with van der Waals surface area (Å²) in [6, 6.07) is 7.26. The van der Waals surface area contributed by atoms with Crippen molar-refractivity contribution in [3.8, 4) is 0 Å². The van der Waals surface area contributed by atoms with E-state index in [1.54, 1.807) is 6.07 Å². The third-order valence-corrected chi connectivity index (χ3v) is 3.02. The van der Waals surface area contributed by atoms with Gasteiger partial charge < -0.3 is 5.11 Å². The monoisotopic (exact) mass is 254 g/mol. The molecule has 3 heteroatoms. The average molecular weight is 255 g/mol. The fourth-order valence-electron chi connectivity index (χ4n) is 1.73. The lowest BCUT2D eigenvalue weighted by Gasteiger charge is -2.18. The highest BCUT2D eigenvalue weighted by atomic mass is 35.5. The number of benzene rings is 1. The van der Waals surface area contributed by atoms with E-state index in [9.17, 15) is 9.90 Å². The first-order chi connectivity index (χ1) is 8.07. The summed E-state index contributed by atoms with van der Waals surface area (Å²) in [6.45, 7) is 3.87. The van der Waals surface area contributed by atoms with E-state index in [0.717, 1.165) is 5.56 Å². The number of rotatable bonds is 6. The quantitative estimate of drug-likeness (QED) is 0.622. The molecule has 0 aliphatic carbocycles. The second-order valence-electron chi connectivity index (χ2n) is 4.49. The number of carbonyl (C=O) groups is 1. The molecule has 2 nitrogen and oxygen atoms in total. The van der Waals surface area contributed by atoms with Crippen LogP contribution in [-0.4, -0.2) is 16.8 Å². The lowest BCUT2D eigenvalue weighted by molar-refractivity contribution is 0.0961. The molecule has 17 heavy (non-hydrogen) atoms. The van der Waals surface area contributed by atoms with E-state index < -0.39 is 6.10 Å². The Hall–Kier alpha value is -0.860. The van der Waals surface area contributed by atoms with Gasteiger partial charge in [-0.2, -0.15) is 0 Å². The van der Waals surface area contributed by atoms with E-state index >= 15 is 0 Å². The topological polar surface area (TPSA) is 37.3 Å². The molecule has 0 spiro atoms. The van der Waals surface area contributed by atoms with Crippen molar-refractivity contribution in [3.05, 3.63) is 35.4 Å². The van der Waals surface area contributed by atoms with Crippen molar-refractivity contribution in [1.29, 1.82) is 0 Å². The average Bonchev–Trinajstić information content (AvgIpc) is 2.34. The van der Waals surface area contributed by atoms with Gasteiger partial charge in [0.05, 0.1) is 6.10 Å². The second kappa shape index (κ2) is 6.77. The summed E-state index contributed by atoms with van der Waals surface area (Å²) in [5.41, 5.74) is 1.35. The highest BCUT2D eigenvalue weighted by molar-refractivity contribution is 6.18. The van der Waals surface area contributed by atoms with Gasteiger partial charge in [0.25, 0.3) is 0 Å². The van der Waals surface area contributed by atoms with Crippen LogP contribution in [0.5, 0.6) is 0 Å². The van der Waals surface area contributed by atoms with Gasteiger partial charge in [-0.15, -0.1) is 11.6 Å². The molecule has 0 aliphatic heterocycles. The standard InChI is InChI=1S/C14H19ClO2/c1-10(2)14(17)12-7-4-3-6-11(12)13(16)8-5-9-15/h3-4,6-7,10,14,17H,5,8-9H2,1-2H3. The molecule has 0 aromatic heterocycles. The molecule has 0 fully saturated rings. The third-order valence-electron chi connectivity index (χ3n) is 2.75. The van der Waals surface area contributed by atoms with Crippen molar-refractivity contribution < 1.29 is 9.90 Å². The molecule has 1 aromatic carbocycles. The van der Waals surface area contributed by atoms with Crippen molar-refractivity contribution in [1.82, 2.24) is 0 Å². The molecule has 0 aliphatic rings. The number of ketones is 1. The molecule has 0 saturated carbocycles.